The van der Waals surface area contributed by atoms with E-state index in [2.05, 4.69) is 11.8 Å². The molecule has 1 aromatic rings. The first-order valence-corrected chi connectivity index (χ1v) is 6.76. The van der Waals surface area contributed by atoms with Crippen LogP contribution < -0.4 is 0 Å². The monoisotopic (exact) mass is 275 g/mol. The molecule has 20 heavy (non-hydrogen) atoms. The van der Waals surface area contributed by atoms with Crippen molar-refractivity contribution in [3.63, 3.8) is 0 Å². The van der Waals surface area contributed by atoms with Crippen molar-refractivity contribution < 1.29 is 14.3 Å². The van der Waals surface area contributed by atoms with Gasteiger partial charge in [-0.25, -0.2) is 4.39 Å². The zero-order chi connectivity index (χ0) is 14.5. The van der Waals surface area contributed by atoms with Crippen molar-refractivity contribution in [3.8, 4) is 11.8 Å². The molecule has 0 atom stereocenters. The minimum absolute atomic E-state index is 0.223. The van der Waals surface area contributed by atoms with Crippen molar-refractivity contribution in [2.45, 2.75) is 19.3 Å². The van der Waals surface area contributed by atoms with Gasteiger partial charge in [-0.15, -0.1) is 0 Å². The molecule has 2 rings (SSSR count). The molecule has 0 bridgehead atoms. The lowest BCUT2D eigenvalue weighted by molar-refractivity contribution is 0.0744. The molecule has 0 aliphatic heterocycles. The first-order valence-electron chi connectivity index (χ1n) is 6.76. The van der Waals surface area contributed by atoms with Crippen LogP contribution in [0.25, 0.3) is 0 Å². The fraction of sp³-hybridized carbons (Fsp3) is 0.438. The van der Waals surface area contributed by atoms with Gasteiger partial charge >= 0.3 is 0 Å². The van der Waals surface area contributed by atoms with E-state index in [1.54, 1.807) is 11.9 Å². The van der Waals surface area contributed by atoms with Gasteiger partial charge in [0.25, 0.3) is 5.91 Å². The van der Waals surface area contributed by atoms with Crippen LogP contribution >= 0.6 is 0 Å². The molecule has 1 fully saturated rings. The quantitative estimate of drug-likeness (QED) is 0.858. The summed E-state index contributed by atoms with van der Waals surface area (Å²) < 4.78 is 13.4. The van der Waals surface area contributed by atoms with E-state index in [4.69, 9.17) is 5.11 Å². The van der Waals surface area contributed by atoms with Gasteiger partial charge in [-0.1, -0.05) is 18.3 Å². The molecular formula is C16H18FNO2. The Bertz CT molecular complexity index is 555. The molecule has 0 spiro atoms. The molecule has 4 heteroatoms. The van der Waals surface area contributed by atoms with Gasteiger partial charge in [0, 0.05) is 19.2 Å². The van der Waals surface area contributed by atoms with E-state index in [-0.39, 0.29) is 18.1 Å². The molecule has 1 aliphatic rings. The largest absolute Gasteiger partial charge is 0.384 e. The predicted molar refractivity (Wildman–Crippen MR) is 74.7 cm³/mol. The second kappa shape index (κ2) is 6.53. The van der Waals surface area contributed by atoms with Gasteiger partial charge in [0.1, 0.15) is 12.4 Å². The predicted octanol–water partition coefficient (Wildman–Crippen LogP) is 2.04. The van der Waals surface area contributed by atoms with Crippen molar-refractivity contribution in [2.75, 3.05) is 20.2 Å². The molecule has 1 aromatic carbocycles. The Morgan fingerprint density at radius 1 is 1.50 bits per heavy atom. The van der Waals surface area contributed by atoms with Gasteiger partial charge in [-0.3, -0.25) is 4.79 Å². The Hall–Kier alpha value is -1.86. The number of carbonyl (C=O) groups is 1. The Morgan fingerprint density at radius 3 is 2.85 bits per heavy atom. The van der Waals surface area contributed by atoms with Crippen molar-refractivity contribution in [1.82, 2.24) is 4.90 Å². The van der Waals surface area contributed by atoms with Crippen molar-refractivity contribution in [1.29, 1.82) is 0 Å². The minimum Gasteiger partial charge on any atom is -0.384 e. The Balaban J connectivity index is 2.20. The molecule has 106 valence electrons. The van der Waals surface area contributed by atoms with E-state index in [9.17, 15) is 9.18 Å². The first-order chi connectivity index (χ1) is 9.61. The standard InChI is InChI=1S/C16H18FNO2/c1-18(11-12-4-2-5-12)16(20)15-10-14(17)8-7-13(15)6-3-9-19/h7-8,10,12,19H,2,4-5,9,11H2,1H3. The number of aliphatic hydroxyl groups is 1. The van der Waals surface area contributed by atoms with Crippen LogP contribution in [0.2, 0.25) is 0 Å². The summed E-state index contributed by atoms with van der Waals surface area (Å²) in [6.45, 7) is 0.408. The van der Waals surface area contributed by atoms with E-state index in [1.165, 1.54) is 24.6 Å². The third-order valence-corrected chi connectivity index (χ3v) is 3.62. The average molecular weight is 275 g/mol. The maximum Gasteiger partial charge on any atom is 0.254 e. The van der Waals surface area contributed by atoms with Crippen molar-refractivity contribution in [2.24, 2.45) is 5.92 Å². The summed E-state index contributed by atoms with van der Waals surface area (Å²) in [6, 6.07) is 3.95. The third-order valence-electron chi connectivity index (χ3n) is 3.62. The van der Waals surface area contributed by atoms with E-state index in [0.717, 1.165) is 12.8 Å². The van der Waals surface area contributed by atoms with Gasteiger partial charge < -0.3 is 10.0 Å². The number of amides is 1. The Labute approximate surface area is 118 Å². The van der Waals surface area contributed by atoms with Gasteiger partial charge in [-0.2, -0.15) is 0 Å². The van der Waals surface area contributed by atoms with Crippen LogP contribution in [0.5, 0.6) is 0 Å². The summed E-state index contributed by atoms with van der Waals surface area (Å²) in [5.41, 5.74) is 0.707. The van der Waals surface area contributed by atoms with Crippen LogP contribution in [-0.4, -0.2) is 36.1 Å². The summed E-state index contributed by atoms with van der Waals surface area (Å²) in [5.74, 6) is 5.06. The van der Waals surface area contributed by atoms with Crippen LogP contribution in [0.4, 0.5) is 4.39 Å². The fourth-order valence-electron chi connectivity index (χ4n) is 2.29. The average Bonchev–Trinajstić information content (AvgIpc) is 2.40. The molecule has 0 aromatic heterocycles. The molecule has 1 aliphatic carbocycles. The highest BCUT2D eigenvalue weighted by molar-refractivity contribution is 5.96. The highest BCUT2D eigenvalue weighted by Crippen LogP contribution is 2.27. The lowest BCUT2D eigenvalue weighted by atomic mass is 9.85. The molecule has 1 amide bonds. The van der Waals surface area contributed by atoms with Crippen molar-refractivity contribution in [3.05, 3.63) is 35.1 Å². The molecule has 1 N–H and O–H groups in total. The summed E-state index contributed by atoms with van der Waals surface area (Å²) in [6.07, 6.45) is 3.52. The summed E-state index contributed by atoms with van der Waals surface area (Å²) in [4.78, 5) is 14.0. The second-order valence-corrected chi connectivity index (χ2v) is 5.13. The lowest BCUT2D eigenvalue weighted by Crippen LogP contribution is -2.34. The minimum atomic E-state index is -0.458. The highest BCUT2D eigenvalue weighted by atomic mass is 19.1. The molecule has 0 radical (unpaired) electrons. The zero-order valence-electron chi connectivity index (χ0n) is 11.5. The number of hydrogen-bond acceptors (Lipinski definition) is 2. The number of carbonyl (C=O) groups excluding carboxylic acids is 1. The number of benzene rings is 1. The first kappa shape index (κ1) is 14.5. The smallest absolute Gasteiger partial charge is 0.254 e. The van der Waals surface area contributed by atoms with Crippen molar-refractivity contribution >= 4 is 5.91 Å². The van der Waals surface area contributed by atoms with E-state index < -0.39 is 5.82 Å². The maximum atomic E-state index is 13.4. The SMILES string of the molecule is CN(CC1CCC1)C(=O)c1cc(F)ccc1C#CCO. The number of nitrogens with zero attached hydrogens (tertiary/aromatic N) is 1. The second-order valence-electron chi connectivity index (χ2n) is 5.13. The maximum absolute atomic E-state index is 13.4. The van der Waals surface area contributed by atoms with Gasteiger partial charge in [0.2, 0.25) is 0 Å². The van der Waals surface area contributed by atoms with Crippen LogP contribution in [0.1, 0.15) is 35.2 Å². The van der Waals surface area contributed by atoms with E-state index >= 15 is 0 Å². The van der Waals surface area contributed by atoms with Crippen LogP contribution in [0.3, 0.4) is 0 Å². The Morgan fingerprint density at radius 2 is 2.25 bits per heavy atom. The Kier molecular flexibility index (Phi) is 4.75. The summed E-state index contributed by atoms with van der Waals surface area (Å²) in [5, 5.41) is 8.74. The summed E-state index contributed by atoms with van der Waals surface area (Å²) >= 11 is 0. The molecule has 1 saturated carbocycles. The van der Waals surface area contributed by atoms with Gasteiger partial charge in [-0.05, 0) is 37.0 Å². The van der Waals surface area contributed by atoms with Gasteiger partial charge in [0.15, 0.2) is 0 Å². The third kappa shape index (κ3) is 3.37. The summed E-state index contributed by atoms with van der Waals surface area (Å²) in [7, 11) is 1.73. The topological polar surface area (TPSA) is 40.5 Å². The molecule has 0 heterocycles. The number of hydrogen-bond donors (Lipinski definition) is 1. The molecular weight excluding hydrogens is 257 g/mol. The molecule has 3 nitrogen and oxygen atoms in total. The zero-order valence-corrected chi connectivity index (χ0v) is 11.5. The fourth-order valence-corrected chi connectivity index (χ4v) is 2.29. The molecule has 0 saturated heterocycles. The van der Waals surface area contributed by atoms with E-state index in [1.807, 2.05) is 0 Å². The highest BCUT2D eigenvalue weighted by Gasteiger charge is 2.23. The van der Waals surface area contributed by atoms with Gasteiger partial charge in [0.05, 0.1) is 5.56 Å². The number of rotatable bonds is 3. The molecule has 0 unspecified atom stereocenters. The normalized spacial score (nSPS) is 14.2. The number of halogens is 1. The van der Waals surface area contributed by atoms with Crippen LogP contribution in [0.15, 0.2) is 18.2 Å². The van der Waals surface area contributed by atoms with E-state index in [0.29, 0.717) is 18.0 Å². The lowest BCUT2D eigenvalue weighted by Gasteiger charge is -2.30. The van der Waals surface area contributed by atoms with Crippen LogP contribution in [-0.2, 0) is 0 Å². The van der Waals surface area contributed by atoms with Crippen LogP contribution in [0, 0.1) is 23.6 Å². The number of aliphatic hydroxyl groups excluding tert-OH is 1.